The molecule has 2 saturated carbocycles. The van der Waals surface area contributed by atoms with Crippen LogP contribution in [0.2, 0.25) is 5.02 Å². The van der Waals surface area contributed by atoms with Crippen molar-refractivity contribution in [3.63, 3.8) is 0 Å². The van der Waals surface area contributed by atoms with Crippen LogP contribution in [0.25, 0.3) is 0 Å². The Bertz CT molecular complexity index is 773. The molecule has 1 saturated heterocycles. The number of aliphatic imine (C=N–C) groups is 1. The van der Waals surface area contributed by atoms with Gasteiger partial charge in [0.15, 0.2) is 5.96 Å². The molecule has 2 aliphatic carbocycles. The number of piperazine rings is 1. The van der Waals surface area contributed by atoms with Crippen LogP contribution in [0.1, 0.15) is 37.7 Å². The van der Waals surface area contributed by atoms with E-state index in [0.717, 1.165) is 69.6 Å². The number of benzene rings is 1. The summed E-state index contributed by atoms with van der Waals surface area (Å²) in [5.41, 5.74) is 1.50. The zero-order valence-corrected chi connectivity index (χ0v) is 21.5. The van der Waals surface area contributed by atoms with E-state index in [-0.39, 0.29) is 29.4 Å². The second kappa shape index (κ2) is 11.2. The Morgan fingerprint density at radius 3 is 2.52 bits per heavy atom. The van der Waals surface area contributed by atoms with Crippen LogP contribution >= 0.6 is 35.6 Å². The van der Waals surface area contributed by atoms with Crippen molar-refractivity contribution in [2.45, 2.75) is 37.5 Å². The van der Waals surface area contributed by atoms with Crippen LogP contribution in [0.5, 0.6) is 0 Å². The normalized spacial score (nSPS) is 21.1. The van der Waals surface area contributed by atoms with E-state index in [0.29, 0.717) is 11.8 Å². The summed E-state index contributed by atoms with van der Waals surface area (Å²) >= 11 is 6.18. The average molecular weight is 560 g/mol. The molecule has 0 atom stereocenters. The van der Waals surface area contributed by atoms with Gasteiger partial charge in [0.1, 0.15) is 0 Å². The van der Waals surface area contributed by atoms with E-state index in [4.69, 9.17) is 11.6 Å². The van der Waals surface area contributed by atoms with E-state index in [1.807, 2.05) is 19.2 Å². The second-order valence-electron chi connectivity index (χ2n) is 8.94. The van der Waals surface area contributed by atoms with Gasteiger partial charge < -0.3 is 15.5 Å². The van der Waals surface area contributed by atoms with Crippen LogP contribution in [0.15, 0.2) is 29.3 Å². The van der Waals surface area contributed by atoms with Gasteiger partial charge >= 0.3 is 0 Å². The molecule has 1 aromatic carbocycles. The van der Waals surface area contributed by atoms with Gasteiger partial charge in [0.25, 0.3) is 0 Å². The Morgan fingerprint density at radius 1 is 1.19 bits per heavy atom. The molecular weight excluding hydrogens is 525 g/mol. The van der Waals surface area contributed by atoms with Gasteiger partial charge in [0, 0.05) is 69.2 Å². The molecular formula is C23H35ClIN5O. The lowest BCUT2D eigenvalue weighted by molar-refractivity contribution is -0.139. The first-order valence-corrected chi connectivity index (χ1v) is 11.7. The molecule has 0 spiro atoms. The molecule has 3 fully saturated rings. The molecule has 0 aromatic heterocycles. The lowest BCUT2D eigenvalue weighted by atomic mass is 9.84. The third-order valence-corrected chi connectivity index (χ3v) is 7.20. The highest BCUT2D eigenvalue weighted by atomic mass is 127. The topological polar surface area (TPSA) is 60.0 Å². The van der Waals surface area contributed by atoms with Crippen LogP contribution in [-0.4, -0.2) is 74.5 Å². The average Bonchev–Trinajstić information content (AvgIpc) is 3.51. The van der Waals surface area contributed by atoms with Gasteiger partial charge in [-0.05, 0) is 43.4 Å². The molecule has 1 heterocycles. The summed E-state index contributed by atoms with van der Waals surface area (Å²) in [5.74, 6) is 1.55. The molecule has 1 aliphatic heterocycles. The minimum atomic E-state index is 0. The molecule has 3 aliphatic rings. The predicted molar refractivity (Wildman–Crippen MR) is 138 cm³/mol. The van der Waals surface area contributed by atoms with Crippen molar-refractivity contribution in [1.29, 1.82) is 0 Å². The van der Waals surface area contributed by atoms with Crippen LogP contribution in [0, 0.1) is 5.92 Å². The van der Waals surface area contributed by atoms with Gasteiger partial charge in [-0.2, -0.15) is 0 Å². The van der Waals surface area contributed by atoms with Crippen molar-refractivity contribution in [1.82, 2.24) is 20.4 Å². The number of carbonyl (C=O) groups is 1. The summed E-state index contributed by atoms with van der Waals surface area (Å²) in [7, 11) is 1.82. The van der Waals surface area contributed by atoms with Gasteiger partial charge in [0.2, 0.25) is 5.91 Å². The number of halogens is 2. The first-order valence-electron chi connectivity index (χ1n) is 11.3. The van der Waals surface area contributed by atoms with E-state index in [1.165, 1.54) is 24.8 Å². The van der Waals surface area contributed by atoms with Gasteiger partial charge in [-0.1, -0.05) is 30.2 Å². The SMILES string of the molecule is CN=C(NCCN1CCN(C(=O)C2CCC2)CC1)NCC1(c2cccc(Cl)c2)CC1.I. The van der Waals surface area contributed by atoms with E-state index in [9.17, 15) is 4.79 Å². The minimum absolute atomic E-state index is 0. The molecule has 6 nitrogen and oxygen atoms in total. The monoisotopic (exact) mass is 559 g/mol. The zero-order valence-electron chi connectivity index (χ0n) is 18.4. The van der Waals surface area contributed by atoms with Crippen LogP contribution in [0.4, 0.5) is 0 Å². The van der Waals surface area contributed by atoms with Crippen molar-refractivity contribution in [3.8, 4) is 0 Å². The maximum atomic E-state index is 12.4. The minimum Gasteiger partial charge on any atom is -0.356 e. The number of amides is 1. The zero-order chi connectivity index (χ0) is 21.0. The standard InChI is InChI=1S/C23H34ClN5O.HI/c1-25-22(27-17-23(8-9-23)19-6-3-7-20(24)16-19)26-10-11-28-12-14-29(15-13-28)21(30)18-4-2-5-18;/h3,6-7,16,18H,2,4-5,8-15,17H2,1H3,(H2,25,26,27);1H. The number of carbonyl (C=O) groups excluding carboxylic acids is 1. The first-order chi connectivity index (χ1) is 14.6. The fourth-order valence-electron chi connectivity index (χ4n) is 4.45. The number of nitrogens with one attached hydrogen (secondary N) is 2. The Morgan fingerprint density at radius 2 is 1.94 bits per heavy atom. The molecule has 0 radical (unpaired) electrons. The molecule has 8 heteroatoms. The summed E-state index contributed by atoms with van der Waals surface area (Å²) in [6.45, 7) is 6.34. The molecule has 1 aromatic rings. The summed E-state index contributed by atoms with van der Waals surface area (Å²) in [5, 5.41) is 7.74. The Hall–Kier alpha value is -1.06. The van der Waals surface area contributed by atoms with Crippen LogP contribution in [-0.2, 0) is 10.2 Å². The molecule has 31 heavy (non-hydrogen) atoms. The molecule has 2 N–H and O–H groups in total. The number of hydrogen-bond acceptors (Lipinski definition) is 3. The van der Waals surface area contributed by atoms with Gasteiger partial charge in [-0.15, -0.1) is 24.0 Å². The summed E-state index contributed by atoms with van der Waals surface area (Å²) < 4.78 is 0. The number of guanidine groups is 1. The smallest absolute Gasteiger partial charge is 0.225 e. The maximum Gasteiger partial charge on any atom is 0.225 e. The van der Waals surface area contributed by atoms with Crippen molar-refractivity contribution in [3.05, 3.63) is 34.9 Å². The van der Waals surface area contributed by atoms with Crippen molar-refractivity contribution >= 4 is 47.4 Å². The van der Waals surface area contributed by atoms with Crippen LogP contribution in [0.3, 0.4) is 0 Å². The van der Waals surface area contributed by atoms with Crippen molar-refractivity contribution < 1.29 is 4.79 Å². The largest absolute Gasteiger partial charge is 0.356 e. The Balaban J connectivity index is 0.00000272. The van der Waals surface area contributed by atoms with E-state index in [1.54, 1.807) is 0 Å². The third-order valence-electron chi connectivity index (χ3n) is 6.97. The van der Waals surface area contributed by atoms with Gasteiger partial charge in [0.05, 0.1) is 0 Å². The third kappa shape index (κ3) is 6.26. The lowest BCUT2D eigenvalue weighted by Crippen LogP contribution is -2.52. The fourth-order valence-corrected chi connectivity index (χ4v) is 4.64. The number of nitrogens with zero attached hydrogens (tertiary/aromatic N) is 3. The fraction of sp³-hybridized carbons (Fsp3) is 0.652. The van der Waals surface area contributed by atoms with E-state index < -0.39 is 0 Å². The van der Waals surface area contributed by atoms with Crippen LogP contribution < -0.4 is 10.6 Å². The molecule has 0 unspecified atom stereocenters. The molecule has 1 amide bonds. The van der Waals surface area contributed by atoms with Crippen molar-refractivity contribution in [2.24, 2.45) is 10.9 Å². The Labute approximate surface area is 208 Å². The maximum absolute atomic E-state index is 12.4. The molecule has 172 valence electrons. The number of rotatable bonds is 7. The van der Waals surface area contributed by atoms with Gasteiger partial charge in [-0.3, -0.25) is 14.7 Å². The summed E-state index contributed by atoms with van der Waals surface area (Å²) in [4.78, 5) is 21.3. The number of hydrogen-bond donors (Lipinski definition) is 2. The lowest BCUT2D eigenvalue weighted by Gasteiger charge is -2.38. The summed E-state index contributed by atoms with van der Waals surface area (Å²) in [6, 6.07) is 8.22. The molecule has 4 rings (SSSR count). The Kier molecular flexibility index (Phi) is 8.87. The highest BCUT2D eigenvalue weighted by Gasteiger charge is 2.44. The summed E-state index contributed by atoms with van der Waals surface area (Å²) in [6.07, 6.45) is 5.77. The van der Waals surface area contributed by atoms with Gasteiger partial charge in [-0.25, -0.2) is 0 Å². The highest BCUT2D eigenvalue weighted by molar-refractivity contribution is 14.0. The first kappa shape index (κ1) is 24.6. The highest BCUT2D eigenvalue weighted by Crippen LogP contribution is 2.48. The van der Waals surface area contributed by atoms with E-state index in [2.05, 4.69) is 37.6 Å². The second-order valence-corrected chi connectivity index (χ2v) is 9.37. The van der Waals surface area contributed by atoms with E-state index >= 15 is 0 Å². The van der Waals surface area contributed by atoms with Crippen molar-refractivity contribution in [2.75, 3.05) is 52.9 Å². The molecule has 0 bridgehead atoms. The quantitative estimate of drug-likeness (QED) is 0.306. The predicted octanol–water partition coefficient (Wildman–Crippen LogP) is 3.10.